The molecule has 6 nitrogen and oxygen atoms in total. The molecule has 0 heterocycles. The number of nitrogens with one attached hydrogen (secondary N) is 2. The molecule has 0 spiro atoms. The Balaban J connectivity index is 3.24. The van der Waals surface area contributed by atoms with Crippen LogP contribution in [0.1, 0.15) is 0 Å². The van der Waals surface area contributed by atoms with Gasteiger partial charge in [0.2, 0.25) is 5.91 Å². The quantitative estimate of drug-likeness (QED) is 0.397. The van der Waals surface area contributed by atoms with E-state index in [9.17, 15) is 9.59 Å². The summed E-state index contributed by atoms with van der Waals surface area (Å²) in [5, 5.41) is 2.60. The third-order valence-electron chi connectivity index (χ3n) is 0.738. The van der Waals surface area contributed by atoms with E-state index in [0.717, 1.165) is 0 Å². The number of hydrogen-bond acceptors (Lipinski definition) is 4. The number of hydroxylamine groups is 1. The predicted octanol–water partition coefficient (Wildman–Crippen LogP) is -2.26. The second-order valence-corrected chi connectivity index (χ2v) is 1.81. The summed E-state index contributed by atoms with van der Waals surface area (Å²) in [4.78, 5) is 25.0. The fraction of sp³-hybridized carbons (Fsp3) is 0.600. The zero-order valence-electron chi connectivity index (χ0n) is 6.22. The monoisotopic (exact) mass is 161 g/mol. The summed E-state index contributed by atoms with van der Waals surface area (Å²) < 4.78 is 0. The molecule has 4 N–H and O–H groups in total. The topological polar surface area (TPSA) is 93.4 Å². The fourth-order valence-electron chi connectivity index (χ4n) is 0.384. The van der Waals surface area contributed by atoms with Crippen LogP contribution in [0.2, 0.25) is 0 Å². The zero-order valence-corrected chi connectivity index (χ0v) is 6.22. The molecule has 2 amide bonds. The van der Waals surface area contributed by atoms with E-state index >= 15 is 0 Å². The molecule has 0 aromatic carbocycles. The third-order valence-corrected chi connectivity index (χ3v) is 0.738. The Bertz CT molecular complexity index is 148. The minimum absolute atomic E-state index is 0.138. The Morgan fingerprint density at radius 3 is 2.64 bits per heavy atom. The van der Waals surface area contributed by atoms with Crippen molar-refractivity contribution >= 4 is 11.8 Å². The van der Waals surface area contributed by atoms with Crippen LogP contribution in [0.3, 0.4) is 0 Å². The maximum Gasteiger partial charge on any atom is 0.257 e. The molecule has 0 saturated carbocycles. The highest BCUT2D eigenvalue weighted by atomic mass is 16.7. The molecule has 6 heteroatoms. The molecule has 0 bridgehead atoms. The van der Waals surface area contributed by atoms with Crippen LogP contribution >= 0.6 is 0 Å². The largest absolute Gasteiger partial charge is 0.368 e. The van der Waals surface area contributed by atoms with Crippen molar-refractivity contribution < 1.29 is 14.4 Å². The lowest BCUT2D eigenvalue weighted by Gasteiger charge is -2.02. The van der Waals surface area contributed by atoms with Crippen molar-refractivity contribution in [1.82, 2.24) is 10.8 Å². The van der Waals surface area contributed by atoms with Crippen LogP contribution in [-0.4, -0.2) is 32.0 Å². The normalized spacial score (nSPS) is 9.18. The van der Waals surface area contributed by atoms with Gasteiger partial charge in [0.15, 0.2) is 6.61 Å². The number of hydrogen-bond donors (Lipinski definition) is 3. The number of carbonyl (C=O) groups is 2. The fourth-order valence-corrected chi connectivity index (χ4v) is 0.384. The van der Waals surface area contributed by atoms with Crippen molar-refractivity contribution in [2.75, 3.05) is 20.2 Å². The summed E-state index contributed by atoms with van der Waals surface area (Å²) in [6.45, 7) is -0.172. The first-order valence-corrected chi connectivity index (χ1v) is 3.00. The molecule has 0 fully saturated rings. The highest BCUT2D eigenvalue weighted by Gasteiger charge is 1.98. The summed E-state index contributed by atoms with van der Waals surface area (Å²) in [5.41, 5.74) is 6.73. The summed E-state index contributed by atoms with van der Waals surface area (Å²) in [6.07, 6.45) is 0. The molecular formula is C5H11N3O3. The van der Waals surface area contributed by atoms with Gasteiger partial charge < -0.3 is 11.1 Å². The van der Waals surface area contributed by atoms with Gasteiger partial charge >= 0.3 is 0 Å². The van der Waals surface area contributed by atoms with Gasteiger partial charge in [-0.15, -0.1) is 0 Å². The van der Waals surface area contributed by atoms with Gasteiger partial charge in [-0.3, -0.25) is 14.4 Å². The average Bonchev–Trinajstić information content (AvgIpc) is 1.87. The minimum Gasteiger partial charge on any atom is -0.368 e. The lowest BCUT2D eigenvalue weighted by atomic mass is 10.6. The van der Waals surface area contributed by atoms with Crippen molar-refractivity contribution in [2.45, 2.75) is 0 Å². The first-order chi connectivity index (χ1) is 5.16. The van der Waals surface area contributed by atoms with Gasteiger partial charge in [-0.05, 0) is 7.05 Å². The smallest absolute Gasteiger partial charge is 0.257 e. The zero-order chi connectivity index (χ0) is 8.69. The summed E-state index contributed by atoms with van der Waals surface area (Å²) in [5.74, 6) is -0.983. The number of amides is 2. The maximum absolute atomic E-state index is 10.6. The number of likely N-dealkylation sites (N-methyl/N-ethyl adjacent to an activating group) is 1. The van der Waals surface area contributed by atoms with Gasteiger partial charge in [-0.2, -0.15) is 0 Å². The van der Waals surface area contributed by atoms with Crippen molar-refractivity contribution in [1.29, 1.82) is 0 Å². The van der Waals surface area contributed by atoms with Gasteiger partial charge in [0.1, 0.15) is 0 Å². The van der Waals surface area contributed by atoms with E-state index in [1.165, 1.54) is 0 Å². The molecular weight excluding hydrogens is 150 g/mol. The van der Waals surface area contributed by atoms with Crippen molar-refractivity contribution in [3.63, 3.8) is 0 Å². The van der Waals surface area contributed by atoms with E-state index in [2.05, 4.69) is 10.2 Å². The van der Waals surface area contributed by atoms with Crippen LogP contribution in [0.4, 0.5) is 0 Å². The molecule has 0 aromatic rings. The number of primary amides is 1. The Labute approximate surface area is 64.0 Å². The second kappa shape index (κ2) is 5.63. The van der Waals surface area contributed by atoms with E-state index in [4.69, 9.17) is 5.73 Å². The molecule has 0 aromatic heterocycles. The van der Waals surface area contributed by atoms with E-state index in [1.54, 1.807) is 7.05 Å². The Hall–Kier alpha value is -1.14. The van der Waals surface area contributed by atoms with Crippen LogP contribution in [0.25, 0.3) is 0 Å². The minimum atomic E-state index is -0.630. The Kier molecular flexibility index (Phi) is 5.05. The highest BCUT2D eigenvalue weighted by molar-refractivity contribution is 5.78. The molecule has 0 rings (SSSR count). The molecule has 0 unspecified atom stereocenters. The van der Waals surface area contributed by atoms with E-state index < -0.39 is 5.91 Å². The maximum atomic E-state index is 10.6. The standard InChI is InChI=1S/C5H11N3O3/c1-7-2-5(10)8-11-3-4(6)9/h7H,2-3H2,1H3,(H2,6,9)(H,8,10). The molecule has 0 atom stereocenters. The molecule has 64 valence electrons. The first kappa shape index (κ1) is 9.86. The van der Waals surface area contributed by atoms with Crippen LogP contribution in [0, 0.1) is 0 Å². The molecule has 0 aliphatic heterocycles. The summed E-state index contributed by atoms with van der Waals surface area (Å²) in [6, 6.07) is 0. The molecule has 0 aliphatic carbocycles. The summed E-state index contributed by atoms with van der Waals surface area (Å²) in [7, 11) is 1.62. The van der Waals surface area contributed by atoms with Crippen LogP contribution in [-0.2, 0) is 14.4 Å². The molecule has 0 aliphatic rings. The van der Waals surface area contributed by atoms with Gasteiger partial charge in [0, 0.05) is 0 Å². The van der Waals surface area contributed by atoms with Crippen LogP contribution < -0.4 is 16.5 Å². The van der Waals surface area contributed by atoms with Gasteiger partial charge in [-0.1, -0.05) is 0 Å². The van der Waals surface area contributed by atoms with Gasteiger partial charge in [0.25, 0.3) is 5.91 Å². The lowest BCUT2D eigenvalue weighted by Crippen LogP contribution is -2.34. The first-order valence-electron chi connectivity index (χ1n) is 3.00. The highest BCUT2D eigenvalue weighted by Crippen LogP contribution is 1.66. The van der Waals surface area contributed by atoms with E-state index in [0.29, 0.717) is 0 Å². The Morgan fingerprint density at radius 2 is 2.18 bits per heavy atom. The van der Waals surface area contributed by atoms with Crippen LogP contribution in [0.5, 0.6) is 0 Å². The van der Waals surface area contributed by atoms with E-state index in [1.807, 2.05) is 5.48 Å². The lowest BCUT2D eigenvalue weighted by molar-refractivity contribution is -0.137. The molecule has 0 radical (unpaired) electrons. The predicted molar refractivity (Wildman–Crippen MR) is 37.2 cm³/mol. The number of carbonyl (C=O) groups excluding carboxylic acids is 2. The van der Waals surface area contributed by atoms with Gasteiger partial charge in [-0.25, -0.2) is 5.48 Å². The van der Waals surface area contributed by atoms with Crippen molar-refractivity contribution in [3.05, 3.63) is 0 Å². The SMILES string of the molecule is CNCC(=O)NOCC(N)=O. The molecule has 0 saturated heterocycles. The number of nitrogens with two attached hydrogens (primary N) is 1. The van der Waals surface area contributed by atoms with Crippen molar-refractivity contribution in [2.24, 2.45) is 5.73 Å². The second-order valence-electron chi connectivity index (χ2n) is 1.81. The van der Waals surface area contributed by atoms with Gasteiger partial charge in [0.05, 0.1) is 6.54 Å². The molecule has 11 heavy (non-hydrogen) atoms. The Morgan fingerprint density at radius 1 is 1.55 bits per heavy atom. The third kappa shape index (κ3) is 6.75. The number of rotatable bonds is 5. The van der Waals surface area contributed by atoms with Crippen molar-refractivity contribution in [3.8, 4) is 0 Å². The average molecular weight is 161 g/mol. The van der Waals surface area contributed by atoms with Crippen LogP contribution in [0.15, 0.2) is 0 Å². The van der Waals surface area contributed by atoms with E-state index in [-0.39, 0.29) is 19.1 Å². The summed E-state index contributed by atoms with van der Waals surface area (Å²) >= 11 is 0.